The summed E-state index contributed by atoms with van der Waals surface area (Å²) in [7, 11) is 0. The zero-order valence-electron chi connectivity index (χ0n) is 8.70. The molecule has 2 heterocycles. The first kappa shape index (κ1) is 10.1. The Labute approximate surface area is 101 Å². The predicted octanol–water partition coefficient (Wildman–Crippen LogP) is 2.57. The molecule has 2 aromatic heterocycles. The Hall–Kier alpha value is -2.07. The molecule has 0 radical (unpaired) electrons. The number of benzene rings is 1. The van der Waals surface area contributed by atoms with E-state index in [-0.39, 0.29) is 5.69 Å². The van der Waals surface area contributed by atoms with Crippen molar-refractivity contribution in [3.8, 4) is 11.3 Å². The van der Waals surface area contributed by atoms with Gasteiger partial charge in [-0.05, 0) is 18.2 Å². The first-order valence-electron chi connectivity index (χ1n) is 5.07. The van der Waals surface area contributed by atoms with E-state index in [2.05, 4.69) is 15.0 Å². The van der Waals surface area contributed by atoms with Crippen LogP contribution < -0.4 is 5.69 Å². The standard InChI is InChI=1S/C12H8ClN3O/c13-8-4-2-6-14-10(8)7-3-1-5-9-11(7)16-12(17)15-9/h1-6H,(H2,15,16,17). The van der Waals surface area contributed by atoms with Crippen LogP contribution in [-0.4, -0.2) is 15.0 Å². The molecule has 3 aromatic rings. The van der Waals surface area contributed by atoms with E-state index < -0.39 is 0 Å². The predicted molar refractivity (Wildman–Crippen MR) is 67.2 cm³/mol. The van der Waals surface area contributed by atoms with Crippen LogP contribution in [0.3, 0.4) is 0 Å². The molecule has 0 aliphatic heterocycles. The molecular formula is C12H8ClN3O. The van der Waals surface area contributed by atoms with Crippen molar-refractivity contribution >= 4 is 22.6 Å². The number of pyridine rings is 1. The molecule has 0 saturated heterocycles. The highest BCUT2D eigenvalue weighted by molar-refractivity contribution is 6.33. The molecule has 0 bridgehead atoms. The average molecular weight is 246 g/mol. The Morgan fingerprint density at radius 1 is 1.12 bits per heavy atom. The Morgan fingerprint density at radius 3 is 2.82 bits per heavy atom. The Morgan fingerprint density at radius 2 is 2.00 bits per heavy atom. The van der Waals surface area contributed by atoms with Gasteiger partial charge in [-0.2, -0.15) is 0 Å². The molecule has 17 heavy (non-hydrogen) atoms. The van der Waals surface area contributed by atoms with Crippen molar-refractivity contribution in [3.63, 3.8) is 0 Å². The average Bonchev–Trinajstić information content (AvgIpc) is 2.70. The molecule has 0 fully saturated rings. The summed E-state index contributed by atoms with van der Waals surface area (Å²) in [5.74, 6) is 0. The van der Waals surface area contributed by atoms with E-state index in [1.165, 1.54) is 0 Å². The van der Waals surface area contributed by atoms with Crippen LogP contribution in [0.1, 0.15) is 0 Å². The van der Waals surface area contributed by atoms with Gasteiger partial charge in [-0.3, -0.25) is 4.98 Å². The Balaban J connectivity index is 2.38. The quantitative estimate of drug-likeness (QED) is 0.692. The van der Waals surface area contributed by atoms with E-state index in [1.54, 1.807) is 18.3 Å². The molecule has 3 rings (SSSR count). The van der Waals surface area contributed by atoms with E-state index in [4.69, 9.17) is 11.6 Å². The van der Waals surface area contributed by atoms with Gasteiger partial charge in [-0.1, -0.05) is 23.7 Å². The third-order valence-corrected chi connectivity index (χ3v) is 2.87. The summed E-state index contributed by atoms with van der Waals surface area (Å²) < 4.78 is 0. The van der Waals surface area contributed by atoms with Crippen molar-refractivity contribution < 1.29 is 0 Å². The number of aromatic nitrogens is 3. The van der Waals surface area contributed by atoms with Crippen LogP contribution >= 0.6 is 11.6 Å². The number of halogens is 1. The number of hydrogen-bond donors (Lipinski definition) is 2. The maximum absolute atomic E-state index is 11.3. The summed E-state index contributed by atoms with van der Waals surface area (Å²) in [4.78, 5) is 21.0. The monoisotopic (exact) mass is 245 g/mol. The third kappa shape index (κ3) is 1.62. The number of aromatic amines is 2. The minimum absolute atomic E-state index is 0.237. The number of nitrogens with one attached hydrogen (secondary N) is 2. The lowest BCUT2D eigenvalue weighted by atomic mass is 10.1. The van der Waals surface area contributed by atoms with Gasteiger partial charge in [0.2, 0.25) is 0 Å². The van der Waals surface area contributed by atoms with Gasteiger partial charge in [0.25, 0.3) is 0 Å². The molecule has 0 spiro atoms. The highest BCUT2D eigenvalue weighted by atomic mass is 35.5. The number of imidazole rings is 1. The fourth-order valence-corrected chi connectivity index (χ4v) is 2.06. The third-order valence-electron chi connectivity index (χ3n) is 2.56. The van der Waals surface area contributed by atoms with Crippen LogP contribution in [0.2, 0.25) is 5.02 Å². The van der Waals surface area contributed by atoms with Gasteiger partial charge < -0.3 is 9.97 Å². The number of hydrogen-bond acceptors (Lipinski definition) is 2. The van der Waals surface area contributed by atoms with Crippen LogP contribution in [0.5, 0.6) is 0 Å². The van der Waals surface area contributed by atoms with Crippen molar-refractivity contribution in [1.29, 1.82) is 0 Å². The van der Waals surface area contributed by atoms with Gasteiger partial charge in [0, 0.05) is 11.8 Å². The zero-order valence-corrected chi connectivity index (χ0v) is 9.45. The number of H-pyrrole nitrogens is 2. The second-order valence-corrected chi connectivity index (χ2v) is 4.05. The first-order chi connectivity index (χ1) is 8.25. The van der Waals surface area contributed by atoms with Crippen molar-refractivity contribution in [2.45, 2.75) is 0 Å². The SMILES string of the molecule is O=c1[nH]c2cccc(-c3ncccc3Cl)c2[nH]1. The van der Waals surface area contributed by atoms with Crippen LogP contribution in [0.25, 0.3) is 22.3 Å². The van der Waals surface area contributed by atoms with E-state index in [0.717, 1.165) is 16.6 Å². The topological polar surface area (TPSA) is 61.5 Å². The van der Waals surface area contributed by atoms with Crippen molar-refractivity contribution in [2.75, 3.05) is 0 Å². The summed E-state index contributed by atoms with van der Waals surface area (Å²) in [5.41, 5.74) is 2.70. The second-order valence-electron chi connectivity index (χ2n) is 3.64. The molecule has 0 aliphatic rings. The number of rotatable bonds is 1. The summed E-state index contributed by atoms with van der Waals surface area (Å²) in [6, 6.07) is 9.10. The summed E-state index contributed by atoms with van der Waals surface area (Å²) in [5, 5.41) is 0.557. The molecule has 0 aliphatic carbocycles. The Kier molecular flexibility index (Phi) is 2.23. The fraction of sp³-hybridized carbons (Fsp3) is 0. The van der Waals surface area contributed by atoms with Gasteiger partial charge in [0.1, 0.15) is 0 Å². The molecule has 2 N–H and O–H groups in total. The smallest absolute Gasteiger partial charge is 0.306 e. The van der Waals surface area contributed by atoms with E-state index >= 15 is 0 Å². The van der Waals surface area contributed by atoms with Crippen molar-refractivity contribution in [2.24, 2.45) is 0 Å². The van der Waals surface area contributed by atoms with Gasteiger partial charge in [0.05, 0.1) is 21.7 Å². The molecule has 0 amide bonds. The molecule has 4 nitrogen and oxygen atoms in total. The Bertz CT molecular complexity index is 745. The van der Waals surface area contributed by atoms with E-state index in [1.807, 2.05) is 18.2 Å². The van der Waals surface area contributed by atoms with Crippen LogP contribution in [0.4, 0.5) is 0 Å². The fourth-order valence-electron chi connectivity index (χ4n) is 1.84. The number of nitrogens with zero attached hydrogens (tertiary/aromatic N) is 1. The lowest BCUT2D eigenvalue weighted by molar-refractivity contribution is 1.21. The molecule has 1 aromatic carbocycles. The minimum atomic E-state index is -0.237. The number of para-hydroxylation sites is 1. The highest BCUT2D eigenvalue weighted by Crippen LogP contribution is 2.29. The van der Waals surface area contributed by atoms with E-state index in [0.29, 0.717) is 10.7 Å². The van der Waals surface area contributed by atoms with Gasteiger partial charge in [-0.25, -0.2) is 4.79 Å². The first-order valence-corrected chi connectivity index (χ1v) is 5.45. The molecule has 84 valence electrons. The number of fused-ring (bicyclic) bond motifs is 1. The summed E-state index contributed by atoms with van der Waals surface area (Å²) in [6.07, 6.45) is 1.67. The maximum Gasteiger partial charge on any atom is 0.323 e. The molecule has 5 heteroatoms. The van der Waals surface area contributed by atoms with Crippen LogP contribution in [0, 0.1) is 0 Å². The summed E-state index contributed by atoms with van der Waals surface area (Å²) in [6.45, 7) is 0. The minimum Gasteiger partial charge on any atom is -0.306 e. The van der Waals surface area contributed by atoms with Crippen molar-refractivity contribution in [1.82, 2.24) is 15.0 Å². The lowest BCUT2D eigenvalue weighted by Crippen LogP contribution is -1.99. The summed E-state index contributed by atoms with van der Waals surface area (Å²) >= 11 is 6.10. The maximum atomic E-state index is 11.3. The highest BCUT2D eigenvalue weighted by Gasteiger charge is 2.10. The zero-order chi connectivity index (χ0) is 11.8. The second kappa shape index (κ2) is 3.75. The lowest BCUT2D eigenvalue weighted by Gasteiger charge is -2.03. The molecule has 0 saturated carbocycles. The largest absolute Gasteiger partial charge is 0.323 e. The molecule has 0 unspecified atom stereocenters. The van der Waals surface area contributed by atoms with E-state index in [9.17, 15) is 4.79 Å². The molecular weight excluding hydrogens is 238 g/mol. The van der Waals surface area contributed by atoms with Gasteiger partial charge in [0.15, 0.2) is 0 Å². The van der Waals surface area contributed by atoms with Gasteiger partial charge in [-0.15, -0.1) is 0 Å². The van der Waals surface area contributed by atoms with Crippen LogP contribution in [0.15, 0.2) is 41.3 Å². The van der Waals surface area contributed by atoms with Gasteiger partial charge >= 0.3 is 5.69 Å². The molecule has 0 atom stereocenters. The van der Waals surface area contributed by atoms with Crippen molar-refractivity contribution in [3.05, 3.63) is 52.0 Å². The van der Waals surface area contributed by atoms with Crippen LogP contribution in [-0.2, 0) is 0 Å². The normalized spacial score (nSPS) is 10.9.